The summed E-state index contributed by atoms with van der Waals surface area (Å²) in [5.74, 6) is -0.215. The van der Waals surface area contributed by atoms with Crippen LogP contribution in [0.3, 0.4) is 0 Å². The minimum absolute atomic E-state index is 0.154. The van der Waals surface area contributed by atoms with Crippen molar-refractivity contribution in [2.24, 2.45) is 0 Å². The quantitative estimate of drug-likeness (QED) is 0.713. The zero-order chi connectivity index (χ0) is 19.0. The molecule has 3 aromatic rings. The molecule has 9 nitrogen and oxygen atoms in total. The number of carbonyl (C=O) groups excluding carboxylic acids is 1. The lowest BCUT2D eigenvalue weighted by atomic mass is 10.1. The number of rotatable bonds is 4. The fraction of sp³-hybridized carbons (Fsp3) is 0.353. The normalized spacial score (nSPS) is 25.0. The smallest absolute Gasteiger partial charge is 0.256 e. The van der Waals surface area contributed by atoms with Gasteiger partial charge in [-0.1, -0.05) is 30.3 Å². The molecule has 0 spiro atoms. The van der Waals surface area contributed by atoms with Gasteiger partial charge in [0.05, 0.1) is 6.10 Å². The number of ether oxygens (including phenoxy) is 1. The molecular weight excluding hydrogens is 355 g/mol. The van der Waals surface area contributed by atoms with E-state index in [1.54, 1.807) is 37.3 Å². The van der Waals surface area contributed by atoms with E-state index in [2.05, 4.69) is 25.6 Å². The Labute approximate surface area is 153 Å². The van der Waals surface area contributed by atoms with E-state index in [1.807, 2.05) is 0 Å². The Morgan fingerprint density at radius 2 is 2.11 bits per heavy atom. The van der Waals surface area contributed by atoms with Crippen molar-refractivity contribution < 1.29 is 19.0 Å². The first-order valence-corrected chi connectivity index (χ1v) is 8.50. The number of hydrogen-bond donors (Lipinski definition) is 2. The molecule has 2 N–H and O–H groups in total. The third-order valence-electron chi connectivity index (χ3n) is 4.47. The van der Waals surface area contributed by atoms with Gasteiger partial charge in [-0.15, -0.1) is 5.10 Å². The maximum absolute atomic E-state index is 14.5. The van der Waals surface area contributed by atoms with Gasteiger partial charge >= 0.3 is 0 Å². The fourth-order valence-electron chi connectivity index (χ4n) is 3.04. The Morgan fingerprint density at radius 3 is 2.81 bits per heavy atom. The highest BCUT2D eigenvalue weighted by molar-refractivity contribution is 6.06. The minimum atomic E-state index is -1.67. The largest absolute Gasteiger partial charge is 0.387 e. The summed E-state index contributed by atoms with van der Waals surface area (Å²) in [6.07, 6.45) is -3.03. The Balaban J connectivity index is 1.65. The van der Waals surface area contributed by atoms with Gasteiger partial charge in [0.2, 0.25) is 0 Å². The van der Waals surface area contributed by atoms with Crippen LogP contribution in [0.15, 0.2) is 36.7 Å². The van der Waals surface area contributed by atoms with Gasteiger partial charge in [-0.25, -0.2) is 14.4 Å². The second-order valence-electron chi connectivity index (χ2n) is 6.16. The van der Waals surface area contributed by atoms with Crippen LogP contribution in [0.25, 0.3) is 11.2 Å². The molecule has 27 heavy (non-hydrogen) atoms. The molecule has 1 aliphatic heterocycles. The van der Waals surface area contributed by atoms with Gasteiger partial charge in [-0.2, -0.15) is 4.68 Å². The van der Waals surface area contributed by atoms with Crippen LogP contribution in [0.2, 0.25) is 0 Å². The molecule has 0 aliphatic carbocycles. The number of halogens is 1. The van der Waals surface area contributed by atoms with Gasteiger partial charge in [-0.3, -0.25) is 4.79 Å². The molecule has 4 rings (SSSR count). The van der Waals surface area contributed by atoms with Crippen molar-refractivity contribution in [3.05, 3.63) is 42.2 Å². The monoisotopic (exact) mass is 372 g/mol. The third kappa shape index (κ3) is 3.02. The van der Waals surface area contributed by atoms with Gasteiger partial charge in [0.25, 0.3) is 5.91 Å². The van der Waals surface area contributed by atoms with Crippen LogP contribution < -0.4 is 5.32 Å². The number of amides is 1. The summed E-state index contributed by atoms with van der Waals surface area (Å²) in [7, 11) is 0. The highest BCUT2D eigenvalue weighted by Gasteiger charge is 2.45. The van der Waals surface area contributed by atoms with E-state index in [-0.39, 0.29) is 22.9 Å². The topological polar surface area (TPSA) is 115 Å². The molecule has 1 fully saturated rings. The van der Waals surface area contributed by atoms with Crippen LogP contribution in [0, 0.1) is 0 Å². The van der Waals surface area contributed by atoms with Crippen LogP contribution in [0.1, 0.15) is 29.9 Å². The average Bonchev–Trinajstić information content (AvgIpc) is 3.25. The SMILES string of the molecule is CC[C@H]1O[C@@H](n2nnc3c(NC(=O)c4ccccc4)ncnc32)[C@H](F)[C@@H]1O. The molecule has 0 unspecified atom stereocenters. The predicted octanol–water partition coefficient (Wildman–Crippen LogP) is 1.48. The molecule has 1 saturated heterocycles. The molecule has 3 heterocycles. The number of benzene rings is 1. The molecule has 0 bridgehead atoms. The van der Waals surface area contributed by atoms with Crippen molar-refractivity contribution in [1.82, 2.24) is 25.0 Å². The highest BCUT2D eigenvalue weighted by Crippen LogP contribution is 2.34. The molecule has 0 radical (unpaired) electrons. The third-order valence-corrected chi connectivity index (χ3v) is 4.47. The van der Waals surface area contributed by atoms with Gasteiger partial charge in [-0.05, 0) is 18.6 Å². The van der Waals surface area contributed by atoms with E-state index >= 15 is 0 Å². The standard InChI is InChI=1S/C17H17FN6O3/c1-2-10-13(25)11(18)17(27-10)24-15-12(22-23-24)14(19-8-20-15)21-16(26)9-6-4-3-5-7-9/h3-8,10-11,13,17,25H,2H2,1H3,(H,19,20,21,26)/t10-,11-,13-,17-/m1/s1. The van der Waals surface area contributed by atoms with Crippen molar-refractivity contribution >= 4 is 22.9 Å². The van der Waals surface area contributed by atoms with Gasteiger partial charge in [0.15, 0.2) is 29.4 Å². The number of nitrogens with zero attached hydrogens (tertiary/aromatic N) is 5. The summed E-state index contributed by atoms with van der Waals surface area (Å²) in [5.41, 5.74) is 0.852. The molecular formula is C17H17FN6O3. The molecule has 1 aromatic carbocycles. The molecule has 1 amide bonds. The summed E-state index contributed by atoms with van der Waals surface area (Å²) in [6.45, 7) is 1.79. The van der Waals surface area contributed by atoms with Crippen LogP contribution in [0.4, 0.5) is 10.2 Å². The fourth-order valence-corrected chi connectivity index (χ4v) is 3.04. The zero-order valence-corrected chi connectivity index (χ0v) is 14.4. The summed E-state index contributed by atoms with van der Waals surface area (Å²) >= 11 is 0. The van der Waals surface area contributed by atoms with E-state index in [0.29, 0.717) is 12.0 Å². The van der Waals surface area contributed by atoms with Gasteiger partial charge < -0.3 is 15.2 Å². The first-order valence-electron chi connectivity index (χ1n) is 8.50. The van der Waals surface area contributed by atoms with Crippen LogP contribution in [-0.2, 0) is 4.74 Å². The maximum Gasteiger partial charge on any atom is 0.256 e. The second-order valence-corrected chi connectivity index (χ2v) is 6.16. The minimum Gasteiger partial charge on any atom is -0.387 e. The summed E-state index contributed by atoms with van der Waals surface area (Å²) in [4.78, 5) is 20.5. The Hall–Kier alpha value is -2.98. The predicted molar refractivity (Wildman–Crippen MR) is 92.6 cm³/mol. The zero-order valence-electron chi connectivity index (χ0n) is 14.4. The van der Waals surface area contributed by atoms with Crippen molar-refractivity contribution in [2.75, 3.05) is 5.32 Å². The summed E-state index contributed by atoms with van der Waals surface area (Å²) < 4.78 is 21.2. The number of carbonyl (C=O) groups is 1. The van der Waals surface area contributed by atoms with Crippen LogP contribution in [0.5, 0.6) is 0 Å². The van der Waals surface area contributed by atoms with E-state index in [4.69, 9.17) is 4.74 Å². The Bertz CT molecular complexity index is 966. The number of hydrogen-bond acceptors (Lipinski definition) is 7. The van der Waals surface area contributed by atoms with Crippen molar-refractivity contribution in [3.63, 3.8) is 0 Å². The van der Waals surface area contributed by atoms with Crippen molar-refractivity contribution in [2.45, 2.75) is 38.0 Å². The Morgan fingerprint density at radius 1 is 1.33 bits per heavy atom. The molecule has 0 saturated carbocycles. The first kappa shape index (κ1) is 17.4. The summed E-state index contributed by atoms with van der Waals surface area (Å²) in [5, 5.41) is 20.5. The van der Waals surface area contributed by atoms with Crippen molar-refractivity contribution in [3.8, 4) is 0 Å². The lowest BCUT2D eigenvalue weighted by Gasteiger charge is -2.13. The van der Waals surface area contributed by atoms with E-state index in [0.717, 1.165) is 0 Å². The highest BCUT2D eigenvalue weighted by atomic mass is 19.1. The van der Waals surface area contributed by atoms with E-state index in [9.17, 15) is 14.3 Å². The van der Waals surface area contributed by atoms with E-state index < -0.39 is 24.6 Å². The van der Waals surface area contributed by atoms with Crippen LogP contribution in [-0.4, -0.2) is 54.4 Å². The number of fused-ring (bicyclic) bond motifs is 1. The summed E-state index contributed by atoms with van der Waals surface area (Å²) in [6, 6.07) is 8.62. The molecule has 2 aromatic heterocycles. The number of nitrogens with one attached hydrogen (secondary N) is 1. The number of aromatic nitrogens is 5. The van der Waals surface area contributed by atoms with Gasteiger partial charge in [0.1, 0.15) is 12.4 Å². The molecule has 4 atom stereocenters. The van der Waals surface area contributed by atoms with Crippen LogP contribution >= 0.6 is 0 Å². The van der Waals surface area contributed by atoms with E-state index in [1.165, 1.54) is 11.0 Å². The number of aliphatic hydroxyl groups is 1. The van der Waals surface area contributed by atoms with Gasteiger partial charge in [0, 0.05) is 5.56 Å². The average molecular weight is 372 g/mol. The first-order chi connectivity index (χ1) is 13.1. The lowest BCUT2D eigenvalue weighted by molar-refractivity contribution is -0.0307. The molecule has 140 valence electrons. The number of aliphatic hydroxyl groups excluding tert-OH is 1. The number of alkyl halides is 1. The maximum atomic E-state index is 14.5. The number of anilines is 1. The second kappa shape index (κ2) is 6.97. The van der Waals surface area contributed by atoms with Crippen molar-refractivity contribution in [1.29, 1.82) is 0 Å². The molecule has 1 aliphatic rings. The Kier molecular flexibility index (Phi) is 4.50. The molecule has 10 heteroatoms. The lowest BCUT2D eigenvalue weighted by Crippen LogP contribution is -2.28.